The van der Waals surface area contributed by atoms with Crippen LogP contribution in [-0.2, 0) is 13.6 Å². The first-order chi connectivity index (χ1) is 13.6. The Morgan fingerprint density at radius 3 is 2.59 bits per heavy atom. The molecule has 0 bridgehead atoms. The summed E-state index contributed by atoms with van der Waals surface area (Å²) in [5.74, 6) is -0.441. The van der Waals surface area contributed by atoms with Gasteiger partial charge in [-0.05, 0) is 31.2 Å². The highest BCUT2D eigenvalue weighted by Crippen LogP contribution is 2.26. The number of hydrogen-bond donors (Lipinski definition) is 2. The average Bonchev–Trinajstić information content (AvgIpc) is 3.20. The monoisotopic (exact) mass is 411 g/mol. The van der Waals surface area contributed by atoms with Crippen molar-refractivity contribution < 1.29 is 26.9 Å². The Labute approximate surface area is 162 Å². The van der Waals surface area contributed by atoms with E-state index < -0.39 is 18.6 Å². The van der Waals surface area contributed by atoms with Crippen LogP contribution in [0.25, 0.3) is 11.3 Å². The summed E-state index contributed by atoms with van der Waals surface area (Å²) < 4.78 is 56.3. The molecule has 0 aliphatic carbocycles. The van der Waals surface area contributed by atoms with E-state index >= 15 is 0 Å². The van der Waals surface area contributed by atoms with Crippen molar-refractivity contribution in [3.63, 3.8) is 0 Å². The van der Waals surface area contributed by atoms with Crippen LogP contribution in [0.4, 0.5) is 23.4 Å². The standard InChI is InChI=1S/C18H17F4N5O2/c1-10-13(16(26-29-10)11-3-5-12(19)6-4-11)8-23-15-7-14(27(2)25-15)17(28)24-9-18(20,21)22/h3-7H,8-9H2,1-2H3,(H,23,25)(H,24,28). The summed E-state index contributed by atoms with van der Waals surface area (Å²) >= 11 is 0. The maximum absolute atomic E-state index is 13.1. The maximum atomic E-state index is 13.1. The molecule has 1 aromatic carbocycles. The van der Waals surface area contributed by atoms with Gasteiger partial charge in [0.05, 0.1) is 0 Å². The van der Waals surface area contributed by atoms with Gasteiger partial charge in [0.15, 0.2) is 0 Å². The molecule has 2 N–H and O–H groups in total. The number of nitrogens with one attached hydrogen (secondary N) is 2. The van der Waals surface area contributed by atoms with Crippen LogP contribution in [0.2, 0.25) is 0 Å². The average molecular weight is 411 g/mol. The summed E-state index contributed by atoms with van der Waals surface area (Å²) in [4.78, 5) is 11.9. The van der Waals surface area contributed by atoms with Crippen LogP contribution < -0.4 is 10.6 Å². The van der Waals surface area contributed by atoms with Crippen LogP contribution in [0.15, 0.2) is 34.9 Å². The molecule has 3 rings (SSSR count). The summed E-state index contributed by atoms with van der Waals surface area (Å²) in [6, 6.07) is 7.09. The number of anilines is 1. The van der Waals surface area contributed by atoms with Gasteiger partial charge in [-0.1, -0.05) is 5.16 Å². The highest BCUT2D eigenvalue weighted by molar-refractivity contribution is 5.93. The quantitative estimate of drug-likeness (QED) is 0.607. The summed E-state index contributed by atoms with van der Waals surface area (Å²) in [5.41, 5.74) is 1.85. The maximum Gasteiger partial charge on any atom is 0.405 e. The highest BCUT2D eigenvalue weighted by Gasteiger charge is 2.28. The number of alkyl halides is 3. The van der Waals surface area contributed by atoms with Crippen LogP contribution in [0.5, 0.6) is 0 Å². The van der Waals surface area contributed by atoms with E-state index in [1.54, 1.807) is 24.4 Å². The molecule has 0 saturated carbocycles. The second kappa shape index (κ2) is 7.94. The number of aryl methyl sites for hydroxylation is 2. The van der Waals surface area contributed by atoms with E-state index in [9.17, 15) is 22.4 Å². The van der Waals surface area contributed by atoms with Gasteiger partial charge >= 0.3 is 6.18 Å². The van der Waals surface area contributed by atoms with Crippen LogP contribution in [0, 0.1) is 12.7 Å². The molecule has 0 saturated heterocycles. The molecule has 3 aromatic rings. The molecular formula is C18H17F4N5O2. The van der Waals surface area contributed by atoms with Crippen molar-refractivity contribution in [2.45, 2.75) is 19.6 Å². The number of amides is 1. The molecule has 29 heavy (non-hydrogen) atoms. The third kappa shape index (κ3) is 4.92. The fourth-order valence-electron chi connectivity index (χ4n) is 2.65. The Balaban J connectivity index is 1.72. The molecule has 154 valence electrons. The Morgan fingerprint density at radius 1 is 1.24 bits per heavy atom. The van der Waals surface area contributed by atoms with Crippen molar-refractivity contribution in [2.75, 3.05) is 11.9 Å². The van der Waals surface area contributed by atoms with Crippen molar-refractivity contribution in [3.05, 3.63) is 53.2 Å². The lowest BCUT2D eigenvalue weighted by Crippen LogP contribution is -2.34. The van der Waals surface area contributed by atoms with E-state index in [2.05, 4.69) is 15.6 Å². The number of halogens is 4. The van der Waals surface area contributed by atoms with Crippen molar-refractivity contribution in [3.8, 4) is 11.3 Å². The first-order valence-electron chi connectivity index (χ1n) is 8.48. The van der Waals surface area contributed by atoms with Crippen molar-refractivity contribution in [1.82, 2.24) is 20.3 Å². The van der Waals surface area contributed by atoms with Crippen LogP contribution in [-0.4, -0.2) is 33.6 Å². The molecular weight excluding hydrogens is 394 g/mol. The lowest BCUT2D eigenvalue weighted by Gasteiger charge is -2.07. The van der Waals surface area contributed by atoms with E-state index in [1.165, 1.54) is 29.9 Å². The fraction of sp³-hybridized carbons (Fsp3) is 0.278. The van der Waals surface area contributed by atoms with Gasteiger partial charge in [-0.2, -0.15) is 18.3 Å². The van der Waals surface area contributed by atoms with E-state index in [-0.39, 0.29) is 23.9 Å². The number of aromatic nitrogens is 3. The van der Waals surface area contributed by atoms with E-state index in [4.69, 9.17) is 4.52 Å². The molecule has 1 amide bonds. The topological polar surface area (TPSA) is 85.0 Å². The SMILES string of the molecule is Cc1onc(-c2ccc(F)cc2)c1CNc1cc(C(=O)NCC(F)(F)F)n(C)n1. The number of benzene rings is 1. The summed E-state index contributed by atoms with van der Waals surface area (Å²) in [5, 5.41) is 12.9. The van der Waals surface area contributed by atoms with Crippen LogP contribution in [0.1, 0.15) is 21.8 Å². The smallest absolute Gasteiger partial charge is 0.364 e. The van der Waals surface area contributed by atoms with Gasteiger partial charge in [0.25, 0.3) is 5.91 Å². The predicted octanol–water partition coefficient (Wildman–Crippen LogP) is 3.43. The first-order valence-corrected chi connectivity index (χ1v) is 8.48. The van der Waals surface area contributed by atoms with Crippen LogP contribution in [0.3, 0.4) is 0 Å². The molecule has 0 unspecified atom stereocenters. The molecule has 0 aliphatic heterocycles. The Bertz CT molecular complexity index is 1010. The number of hydrogen-bond acceptors (Lipinski definition) is 5. The van der Waals surface area contributed by atoms with E-state index in [1.807, 2.05) is 0 Å². The van der Waals surface area contributed by atoms with Gasteiger partial charge in [-0.3, -0.25) is 9.48 Å². The minimum absolute atomic E-state index is 0.0300. The number of carbonyl (C=O) groups is 1. The van der Waals surface area contributed by atoms with Gasteiger partial charge in [0, 0.05) is 30.8 Å². The van der Waals surface area contributed by atoms with Gasteiger partial charge in [-0.15, -0.1) is 0 Å². The molecule has 11 heteroatoms. The van der Waals surface area contributed by atoms with Crippen molar-refractivity contribution >= 4 is 11.7 Å². The first kappa shape index (κ1) is 20.4. The minimum Gasteiger partial charge on any atom is -0.364 e. The lowest BCUT2D eigenvalue weighted by atomic mass is 10.1. The third-order valence-electron chi connectivity index (χ3n) is 4.11. The van der Waals surface area contributed by atoms with Crippen molar-refractivity contribution in [1.29, 1.82) is 0 Å². The van der Waals surface area contributed by atoms with Crippen LogP contribution >= 0.6 is 0 Å². The Morgan fingerprint density at radius 2 is 1.93 bits per heavy atom. The lowest BCUT2D eigenvalue weighted by molar-refractivity contribution is -0.123. The van der Waals surface area contributed by atoms with Gasteiger partial charge in [0.2, 0.25) is 0 Å². The van der Waals surface area contributed by atoms with Crippen molar-refractivity contribution in [2.24, 2.45) is 7.05 Å². The van der Waals surface area contributed by atoms with Gasteiger partial charge in [0.1, 0.15) is 35.3 Å². The van der Waals surface area contributed by atoms with Gasteiger partial charge < -0.3 is 15.2 Å². The van der Waals surface area contributed by atoms with E-state index in [0.29, 0.717) is 22.6 Å². The second-order valence-electron chi connectivity index (χ2n) is 6.26. The second-order valence-corrected chi connectivity index (χ2v) is 6.26. The third-order valence-corrected chi connectivity index (χ3v) is 4.11. The molecule has 0 radical (unpaired) electrons. The van der Waals surface area contributed by atoms with Gasteiger partial charge in [-0.25, -0.2) is 4.39 Å². The highest BCUT2D eigenvalue weighted by atomic mass is 19.4. The molecule has 0 aliphatic rings. The fourth-order valence-corrected chi connectivity index (χ4v) is 2.65. The zero-order valence-electron chi connectivity index (χ0n) is 15.5. The summed E-state index contributed by atoms with van der Waals surface area (Å²) in [6.07, 6.45) is -4.50. The molecule has 0 fully saturated rings. The zero-order valence-corrected chi connectivity index (χ0v) is 15.5. The largest absolute Gasteiger partial charge is 0.405 e. The number of nitrogens with zero attached hydrogens (tertiary/aromatic N) is 3. The predicted molar refractivity (Wildman–Crippen MR) is 95.6 cm³/mol. The molecule has 0 spiro atoms. The molecule has 2 aromatic heterocycles. The zero-order chi connectivity index (χ0) is 21.2. The molecule has 0 atom stereocenters. The molecule has 7 nitrogen and oxygen atoms in total. The minimum atomic E-state index is -4.50. The normalized spacial score (nSPS) is 11.5. The molecule has 2 heterocycles. The summed E-state index contributed by atoms with van der Waals surface area (Å²) in [6.45, 7) is 0.509. The van der Waals surface area contributed by atoms with E-state index in [0.717, 1.165) is 0 Å². The summed E-state index contributed by atoms with van der Waals surface area (Å²) in [7, 11) is 1.45. The Kier molecular flexibility index (Phi) is 5.57. The Hall–Kier alpha value is -3.37. The number of carbonyl (C=O) groups excluding carboxylic acids is 1. The number of rotatable bonds is 6.